The van der Waals surface area contributed by atoms with Crippen LogP contribution in [0.3, 0.4) is 0 Å². The standard InChI is InChI=1S/C26H33FN6O3/c1-14-9-18(28)10-19(24(14)27)16(3)29-25-20-11-23(22(35-6)12-21(20)30-17(4)31-25)36-26(34)33-8-7-32(5)13-15(33)2/h9-12,15-16H,7-8,13,28H2,1-6H3,(H,29,30,31). The number of ether oxygens (including phenoxy) is 2. The molecule has 1 aromatic heterocycles. The van der Waals surface area contributed by atoms with Gasteiger partial charge < -0.3 is 30.3 Å². The number of nitrogens with one attached hydrogen (secondary N) is 1. The van der Waals surface area contributed by atoms with Crippen LogP contribution in [0, 0.1) is 19.7 Å². The molecular formula is C26H33FN6O3. The number of halogens is 1. The third-order valence-electron chi connectivity index (χ3n) is 6.48. The van der Waals surface area contributed by atoms with E-state index in [1.165, 1.54) is 7.11 Å². The zero-order valence-corrected chi connectivity index (χ0v) is 21.6. The highest BCUT2D eigenvalue weighted by Crippen LogP contribution is 2.36. The molecule has 3 aromatic rings. The van der Waals surface area contributed by atoms with Crippen LogP contribution in [0.25, 0.3) is 10.9 Å². The highest BCUT2D eigenvalue weighted by Gasteiger charge is 2.28. The molecule has 0 spiro atoms. The number of anilines is 2. The molecule has 0 radical (unpaired) electrons. The molecule has 1 amide bonds. The summed E-state index contributed by atoms with van der Waals surface area (Å²) in [5.74, 6) is 1.33. The summed E-state index contributed by atoms with van der Waals surface area (Å²) >= 11 is 0. The minimum Gasteiger partial charge on any atom is -0.493 e. The molecule has 2 atom stereocenters. The first-order valence-corrected chi connectivity index (χ1v) is 11.9. The molecule has 192 valence electrons. The summed E-state index contributed by atoms with van der Waals surface area (Å²) in [6.07, 6.45) is -0.443. The van der Waals surface area contributed by atoms with Gasteiger partial charge in [0.05, 0.1) is 18.7 Å². The smallest absolute Gasteiger partial charge is 0.415 e. The first-order chi connectivity index (χ1) is 17.1. The van der Waals surface area contributed by atoms with Crippen LogP contribution < -0.4 is 20.5 Å². The molecule has 1 aliphatic rings. The van der Waals surface area contributed by atoms with Gasteiger partial charge in [-0.05, 0) is 58.5 Å². The molecule has 2 heterocycles. The molecule has 1 fully saturated rings. The van der Waals surface area contributed by atoms with E-state index in [4.69, 9.17) is 15.2 Å². The average Bonchev–Trinajstić information content (AvgIpc) is 2.81. The number of nitrogen functional groups attached to an aromatic ring is 1. The number of rotatable bonds is 5. The number of methoxy groups -OCH3 is 1. The first kappa shape index (κ1) is 25.4. The predicted molar refractivity (Wildman–Crippen MR) is 138 cm³/mol. The molecule has 0 saturated carbocycles. The number of carbonyl (C=O) groups excluding carboxylic acids is 1. The third-order valence-corrected chi connectivity index (χ3v) is 6.48. The Balaban J connectivity index is 1.69. The summed E-state index contributed by atoms with van der Waals surface area (Å²) in [6.45, 7) is 9.39. The molecule has 1 saturated heterocycles. The molecule has 0 bridgehead atoms. The van der Waals surface area contributed by atoms with Crippen LogP contribution >= 0.6 is 0 Å². The molecule has 10 heteroatoms. The van der Waals surface area contributed by atoms with Gasteiger partial charge in [0.15, 0.2) is 11.5 Å². The first-order valence-electron chi connectivity index (χ1n) is 11.9. The van der Waals surface area contributed by atoms with E-state index in [9.17, 15) is 9.18 Å². The van der Waals surface area contributed by atoms with Crippen LogP contribution in [0.5, 0.6) is 11.5 Å². The summed E-state index contributed by atoms with van der Waals surface area (Å²) in [5, 5.41) is 3.90. The van der Waals surface area contributed by atoms with E-state index in [1.807, 2.05) is 20.9 Å². The number of benzene rings is 2. The van der Waals surface area contributed by atoms with Crippen LogP contribution in [0.1, 0.15) is 36.8 Å². The number of nitrogens with zero attached hydrogens (tertiary/aromatic N) is 4. The van der Waals surface area contributed by atoms with Gasteiger partial charge in [0.2, 0.25) is 0 Å². The van der Waals surface area contributed by atoms with Crippen molar-refractivity contribution < 1.29 is 18.7 Å². The normalized spacial score (nSPS) is 17.2. The predicted octanol–water partition coefficient (Wildman–Crippen LogP) is 4.28. The van der Waals surface area contributed by atoms with Crippen molar-refractivity contribution in [1.82, 2.24) is 19.8 Å². The fraction of sp³-hybridized carbons (Fsp3) is 0.423. The Kier molecular flexibility index (Phi) is 7.16. The summed E-state index contributed by atoms with van der Waals surface area (Å²) in [5.41, 5.74) is 7.95. The van der Waals surface area contributed by atoms with Crippen molar-refractivity contribution in [2.45, 2.75) is 39.8 Å². The highest BCUT2D eigenvalue weighted by atomic mass is 19.1. The number of hydrogen-bond acceptors (Lipinski definition) is 8. The Bertz CT molecular complexity index is 1300. The van der Waals surface area contributed by atoms with Gasteiger partial charge in [-0.1, -0.05) is 0 Å². The van der Waals surface area contributed by atoms with Crippen molar-refractivity contribution in [3.8, 4) is 11.5 Å². The summed E-state index contributed by atoms with van der Waals surface area (Å²) in [7, 11) is 3.54. The van der Waals surface area contributed by atoms with Crippen LogP contribution in [0.2, 0.25) is 0 Å². The lowest BCUT2D eigenvalue weighted by molar-refractivity contribution is 0.0886. The number of aromatic nitrogens is 2. The van der Waals surface area contributed by atoms with Crippen molar-refractivity contribution in [3.63, 3.8) is 0 Å². The summed E-state index contributed by atoms with van der Waals surface area (Å²) in [4.78, 5) is 26.0. The zero-order valence-electron chi connectivity index (χ0n) is 21.6. The highest BCUT2D eigenvalue weighted by molar-refractivity contribution is 5.92. The maximum absolute atomic E-state index is 14.9. The van der Waals surface area contributed by atoms with Crippen molar-refractivity contribution in [3.05, 3.63) is 47.0 Å². The van der Waals surface area contributed by atoms with E-state index >= 15 is 0 Å². The SMILES string of the molecule is COc1cc2nc(C)nc(NC(C)c3cc(N)cc(C)c3F)c2cc1OC(=O)N1CCN(C)CC1C. The molecule has 4 rings (SSSR count). The Hall–Kier alpha value is -3.66. The number of carbonyl (C=O) groups is 1. The van der Waals surface area contributed by atoms with Crippen molar-refractivity contribution >= 4 is 28.5 Å². The number of likely N-dealkylation sites (N-methyl/N-ethyl adjacent to an activating group) is 1. The fourth-order valence-corrected chi connectivity index (χ4v) is 4.59. The van der Waals surface area contributed by atoms with Gasteiger partial charge in [-0.25, -0.2) is 19.2 Å². The number of amides is 1. The maximum atomic E-state index is 14.9. The monoisotopic (exact) mass is 496 g/mol. The zero-order chi connectivity index (χ0) is 26.1. The lowest BCUT2D eigenvalue weighted by atomic mass is 10.0. The van der Waals surface area contributed by atoms with Gasteiger partial charge >= 0.3 is 6.09 Å². The van der Waals surface area contributed by atoms with E-state index in [2.05, 4.69) is 20.2 Å². The summed E-state index contributed by atoms with van der Waals surface area (Å²) in [6, 6.07) is 6.18. The number of aryl methyl sites for hydroxylation is 2. The van der Waals surface area contributed by atoms with Gasteiger partial charge in [0, 0.05) is 48.4 Å². The summed E-state index contributed by atoms with van der Waals surface area (Å²) < 4.78 is 26.2. The largest absolute Gasteiger partial charge is 0.493 e. The van der Waals surface area contributed by atoms with Gasteiger partial charge in [0.25, 0.3) is 0 Å². The maximum Gasteiger partial charge on any atom is 0.415 e. The minimum atomic E-state index is -0.443. The van der Waals surface area contributed by atoms with Crippen LogP contribution in [-0.4, -0.2) is 65.7 Å². The molecule has 2 aromatic carbocycles. The van der Waals surface area contributed by atoms with E-state index in [1.54, 1.807) is 43.0 Å². The molecule has 1 aliphatic heterocycles. The van der Waals surface area contributed by atoms with E-state index < -0.39 is 12.1 Å². The average molecular weight is 497 g/mol. The number of nitrogens with two attached hydrogens (primary N) is 1. The molecule has 0 aliphatic carbocycles. The van der Waals surface area contributed by atoms with Gasteiger partial charge in [-0.2, -0.15) is 0 Å². The third kappa shape index (κ3) is 5.13. The van der Waals surface area contributed by atoms with Crippen molar-refractivity contribution in [2.75, 3.05) is 44.8 Å². The number of hydrogen-bond donors (Lipinski definition) is 2. The van der Waals surface area contributed by atoms with Gasteiger partial charge in [-0.3, -0.25) is 0 Å². The fourth-order valence-electron chi connectivity index (χ4n) is 4.59. The van der Waals surface area contributed by atoms with Crippen LogP contribution in [0.15, 0.2) is 24.3 Å². The van der Waals surface area contributed by atoms with Crippen LogP contribution in [0.4, 0.5) is 20.7 Å². The lowest BCUT2D eigenvalue weighted by Crippen LogP contribution is -2.53. The van der Waals surface area contributed by atoms with E-state index in [0.29, 0.717) is 51.7 Å². The molecule has 36 heavy (non-hydrogen) atoms. The topological polar surface area (TPSA) is 106 Å². The van der Waals surface area contributed by atoms with Crippen molar-refractivity contribution in [1.29, 1.82) is 0 Å². The van der Waals surface area contributed by atoms with Crippen LogP contribution in [-0.2, 0) is 0 Å². The Morgan fingerprint density at radius 1 is 1.19 bits per heavy atom. The molecule has 2 unspecified atom stereocenters. The molecule has 3 N–H and O–H groups in total. The second kappa shape index (κ2) is 10.1. The quantitative estimate of drug-likeness (QED) is 0.504. The lowest BCUT2D eigenvalue weighted by Gasteiger charge is -2.37. The van der Waals surface area contributed by atoms with Gasteiger partial charge in [-0.15, -0.1) is 0 Å². The number of piperazine rings is 1. The Labute approximate surface area is 210 Å². The second-order valence-corrected chi connectivity index (χ2v) is 9.42. The molecule has 9 nitrogen and oxygen atoms in total. The minimum absolute atomic E-state index is 0.0171. The van der Waals surface area contributed by atoms with Crippen molar-refractivity contribution in [2.24, 2.45) is 0 Å². The van der Waals surface area contributed by atoms with E-state index in [-0.39, 0.29) is 17.6 Å². The Morgan fingerprint density at radius 3 is 2.64 bits per heavy atom. The Morgan fingerprint density at radius 2 is 1.94 bits per heavy atom. The second-order valence-electron chi connectivity index (χ2n) is 9.42. The van der Waals surface area contributed by atoms with E-state index in [0.717, 1.165) is 13.1 Å². The molecular weight excluding hydrogens is 463 g/mol. The van der Waals surface area contributed by atoms with Gasteiger partial charge in [0.1, 0.15) is 17.5 Å². The number of fused-ring (bicyclic) bond motifs is 1.